The molecule has 0 spiro atoms. The monoisotopic (exact) mass is 379 g/mol. The molecule has 1 amide bonds. The summed E-state index contributed by atoms with van der Waals surface area (Å²) in [6.45, 7) is 1.24. The predicted octanol–water partition coefficient (Wildman–Crippen LogP) is 3.19. The van der Waals surface area contributed by atoms with Gasteiger partial charge < -0.3 is 10.1 Å². The first-order valence-electron chi connectivity index (χ1n) is 8.43. The smallest absolute Gasteiger partial charge is 0.343 e. The lowest BCUT2D eigenvalue weighted by Crippen LogP contribution is -2.35. The number of aryl methyl sites for hydroxylation is 1. The number of benzene rings is 1. The molecule has 1 aliphatic carbocycles. The molecule has 0 bridgehead atoms. The Morgan fingerprint density at radius 1 is 1.31 bits per heavy atom. The van der Waals surface area contributed by atoms with Gasteiger partial charge in [-0.05, 0) is 44.0 Å². The number of nitrogens with one attached hydrogen (secondary N) is 1. The fourth-order valence-corrected chi connectivity index (χ4v) is 3.38. The van der Waals surface area contributed by atoms with Gasteiger partial charge in [-0.1, -0.05) is 24.4 Å². The third kappa shape index (κ3) is 4.04. The van der Waals surface area contributed by atoms with Crippen LogP contribution < -0.4 is 5.32 Å². The van der Waals surface area contributed by atoms with E-state index in [1.54, 1.807) is 6.92 Å². The number of hydrogen-bond donors (Lipinski definition) is 1. The van der Waals surface area contributed by atoms with Crippen molar-refractivity contribution in [2.45, 2.75) is 38.6 Å². The zero-order chi connectivity index (χ0) is 18.7. The highest BCUT2D eigenvalue weighted by Gasteiger charge is 2.24. The van der Waals surface area contributed by atoms with E-state index in [2.05, 4.69) is 10.4 Å². The maximum atomic E-state index is 13.1. The Morgan fingerprint density at radius 2 is 1.96 bits per heavy atom. The van der Waals surface area contributed by atoms with Crippen molar-refractivity contribution in [1.29, 1.82) is 0 Å². The molecule has 1 N–H and O–H groups in total. The van der Waals surface area contributed by atoms with Crippen LogP contribution in [0.1, 0.15) is 41.7 Å². The molecule has 1 aromatic heterocycles. The maximum Gasteiger partial charge on any atom is 0.343 e. The number of carbonyl (C=O) groups excluding carboxylic acids is 2. The molecule has 8 heteroatoms. The van der Waals surface area contributed by atoms with Gasteiger partial charge in [-0.15, -0.1) is 0 Å². The van der Waals surface area contributed by atoms with Gasteiger partial charge in [0.25, 0.3) is 5.91 Å². The maximum absolute atomic E-state index is 13.1. The van der Waals surface area contributed by atoms with Gasteiger partial charge in [0.05, 0.1) is 11.4 Å². The third-order valence-corrected chi connectivity index (χ3v) is 4.68. The van der Waals surface area contributed by atoms with Gasteiger partial charge in [-0.25, -0.2) is 13.9 Å². The third-order valence-electron chi connectivity index (χ3n) is 4.33. The summed E-state index contributed by atoms with van der Waals surface area (Å²) in [7, 11) is 0. The second-order valence-corrected chi connectivity index (χ2v) is 6.62. The second-order valence-electron chi connectivity index (χ2n) is 6.26. The minimum Gasteiger partial charge on any atom is -0.452 e. The average molecular weight is 380 g/mol. The molecule has 26 heavy (non-hydrogen) atoms. The van der Waals surface area contributed by atoms with Crippen molar-refractivity contribution in [3.63, 3.8) is 0 Å². The highest BCUT2D eigenvalue weighted by Crippen LogP contribution is 2.24. The van der Waals surface area contributed by atoms with E-state index in [9.17, 15) is 14.0 Å². The van der Waals surface area contributed by atoms with Crippen LogP contribution in [0.25, 0.3) is 5.69 Å². The molecule has 0 saturated heterocycles. The lowest BCUT2D eigenvalue weighted by Gasteiger charge is -2.11. The lowest BCUT2D eigenvalue weighted by atomic mass is 10.2. The summed E-state index contributed by atoms with van der Waals surface area (Å²) in [6, 6.07) is 5.70. The zero-order valence-corrected chi connectivity index (χ0v) is 15.1. The number of hydrogen-bond acceptors (Lipinski definition) is 4. The minimum absolute atomic E-state index is 0.0512. The largest absolute Gasteiger partial charge is 0.452 e. The summed E-state index contributed by atoms with van der Waals surface area (Å²) in [6.07, 6.45) is 4.11. The molecule has 0 unspecified atom stereocenters. The molecular weight excluding hydrogens is 361 g/mol. The molecule has 2 aromatic rings. The summed E-state index contributed by atoms with van der Waals surface area (Å²) in [5.74, 6) is -1.44. The van der Waals surface area contributed by atoms with Crippen LogP contribution in [0, 0.1) is 12.7 Å². The first-order chi connectivity index (χ1) is 12.5. The number of aromatic nitrogens is 2. The van der Waals surface area contributed by atoms with Crippen molar-refractivity contribution in [1.82, 2.24) is 15.1 Å². The number of amides is 1. The number of esters is 1. The van der Waals surface area contributed by atoms with Crippen molar-refractivity contribution in [2.24, 2.45) is 0 Å². The molecule has 1 aliphatic rings. The standard InChI is InChI=1S/C18H19ClFN3O3/c1-11-16(17(19)23(22-11)14-8-6-12(20)7-9-14)18(25)26-10-15(24)21-13-4-2-3-5-13/h6-9,13H,2-5,10H2,1H3,(H,21,24). The van der Waals surface area contributed by atoms with E-state index in [1.807, 2.05) is 0 Å². The van der Waals surface area contributed by atoms with Crippen molar-refractivity contribution in [2.75, 3.05) is 6.61 Å². The molecule has 6 nitrogen and oxygen atoms in total. The number of halogens is 2. The molecule has 1 aromatic carbocycles. The normalized spacial score (nSPS) is 14.4. The van der Waals surface area contributed by atoms with Gasteiger partial charge in [0.1, 0.15) is 16.5 Å². The van der Waals surface area contributed by atoms with E-state index in [1.165, 1.54) is 28.9 Å². The summed E-state index contributed by atoms with van der Waals surface area (Å²) >= 11 is 6.26. The first-order valence-corrected chi connectivity index (χ1v) is 8.81. The van der Waals surface area contributed by atoms with Crippen molar-refractivity contribution in [3.8, 4) is 5.69 Å². The van der Waals surface area contributed by atoms with Gasteiger partial charge in [-0.2, -0.15) is 5.10 Å². The molecule has 0 radical (unpaired) electrons. The number of carbonyl (C=O) groups is 2. The number of nitrogens with zero attached hydrogens (tertiary/aromatic N) is 2. The minimum atomic E-state index is -0.720. The number of ether oxygens (including phenoxy) is 1. The summed E-state index contributed by atoms with van der Waals surface area (Å²) in [4.78, 5) is 24.2. The Balaban J connectivity index is 1.67. The van der Waals surface area contributed by atoms with Crippen molar-refractivity contribution in [3.05, 3.63) is 46.5 Å². The Labute approximate surface area is 155 Å². The fraction of sp³-hybridized carbons (Fsp3) is 0.389. The highest BCUT2D eigenvalue weighted by atomic mass is 35.5. The molecule has 0 aliphatic heterocycles. The van der Waals surface area contributed by atoms with Crippen LogP contribution in [0.15, 0.2) is 24.3 Å². The van der Waals surface area contributed by atoms with Crippen LogP contribution in [0.4, 0.5) is 4.39 Å². The van der Waals surface area contributed by atoms with Gasteiger partial charge in [0, 0.05) is 6.04 Å². The first kappa shape index (κ1) is 18.4. The van der Waals surface area contributed by atoms with Gasteiger partial charge >= 0.3 is 5.97 Å². The molecule has 1 saturated carbocycles. The molecule has 138 valence electrons. The number of rotatable bonds is 5. The van der Waals surface area contributed by atoms with Crippen LogP contribution in [0.5, 0.6) is 0 Å². The van der Waals surface area contributed by atoms with E-state index >= 15 is 0 Å². The van der Waals surface area contributed by atoms with E-state index in [4.69, 9.17) is 16.3 Å². The molecule has 0 atom stereocenters. The topological polar surface area (TPSA) is 73.2 Å². The Kier molecular flexibility index (Phi) is 5.56. The summed E-state index contributed by atoms with van der Waals surface area (Å²) < 4.78 is 19.5. The fourth-order valence-electron chi connectivity index (χ4n) is 3.03. The summed E-state index contributed by atoms with van der Waals surface area (Å²) in [5.41, 5.74) is 0.961. The van der Waals surface area contributed by atoms with Crippen LogP contribution in [0.2, 0.25) is 5.15 Å². The van der Waals surface area contributed by atoms with Gasteiger partial charge in [0.2, 0.25) is 0 Å². The van der Waals surface area contributed by atoms with E-state index < -0.39 is 5.97 Å². The SMILES string of the molecule is Cc1nn(-c2ccc(F)cc2)c(Cl)c1C(=O)OCC(=O)NC1CCCC1. The van der Waals surface area contributed by atoms with Crippen LogP contribution in [0.3, 0.4) is 0 Å². The average Bonchev–Trinajstić information content (AvgIpc) is 3.21. The Morgan fingerprint density at radius 3 is 2.62 bits per heavy atom. The molecular formula is C18H19ClFN3O3. The summed E-state index contributed by atoms with van der Waals surface area (Å²) in [5, 5.41) is 7.10. The van der Waals surface area contributed by atoms with Crippen LogP contribution in [-0.4, -0.2) is 34.3 Å². The predicted molar refractivity (Wildman–Crippen MR) is 94.0 cm³/mol. The van der Waals surface area contributed by atoms with Crippen LogP contribution in [-0.2, 0) is 9.53 Å². The lowest BCUT2D eigenvalue weighted by molar-refractivity contribution is -0.124. The van der Waals surface area contributed by atoms with E-state index in [-0.39, 0.29) is 35.1 Å². The quantitative estimate of drug-likeness (QED) is 0.810. The van der Waals surface area contributed by atoms with Crippen molar-refractivity contribution < 1.29 is 18.7 Å². The van der Waals surface area contributed by atoms with Crippen molar-refractivity contribution >= 4 is 23.5 Å². The molecule has 3 rings (SSSR count). The zero-order valence-electron chi connectivity index (χ0n) is 14.3. The van der Waals surface area contributed by atoms with Gasteiger partial charge in [0.15, 0.2) is 6.61 Å². The molecule has 1 fully saturated rings. The Bertz CT molecular complexity index is 814. The van der Waals surface area contributed by atoms with Crippen LogP contribution >= 0.6 is 11.6 Å². The highest BCUT2D eigenvalue weighted by molar-refractivity contribution is 6.33. The van der Waals surface area contributed by atoms with Gasteiger partial charge in [-0.3, -0.25) is 4.79 Å². The second kappa shape index (κ2) is 7.86. The Hall–Kier alpha value is -2.41. The molecule has 1 heterocycles. The van der Waals surface area contributed by atoms with E-state index in [0.29, 0.717) is 11.4 Å². The van der Waals surface area contributed by atoms with E-state index in [0.717, 1.165) is 25.7 Å².